The molecular formula is C8H6Cl6Si. The fourth-order valence-electron chi connectivity index (χ4n) is 1.13. The van der Waals surface area contributed by atoms with Crippen LogP contribution in [-0.4, -0.2) is 7.38 Å². The van der Waals surface area contributed by atoms with Gasteiger partial charge in [-0.3, -0.25) is 0 Å². The average molecular weight is 343 g/mol. The quantitative estimate of drug-likeness (QED) is 0.269. The molecule has 1 rings (SSSR count). The summed E-state index contributed by atoms with van der Waals surface area (Å²) in [6.07, 6.45) is 0. The van der Waals surface area contributed by atoms with Crippen molar-refractivity contribution in [1.82, 2.24) is 0 Å². The Balaban J connectivity index is 3.68. The molecule has 0 bridgehead atoms. The van der Waals surface area contributed by atoms with E-state index >= 15 is 0 Å². The minimum absolute atomic E-state index is 0.159. The summed E-state index contributed by atoms with van der Waals surface area (Å²) in [6.45, 7) is 3.75. The van der Waals surface area contributed by atoms with E-state index in [1.54, 1.807) is 0 Å². The molecule has 0 aromatic heterocycles. The van der Waals surface area contributed by atoms with Gasteiger partial charge in [-0.15, -0.1) is 0 Å². The monoisotopic (exact) mass is 340 g/mol. The maximum absolute atomic E-state index is 6.28. The molecule has 0 unspecified atom stereocenters. The second-order valence-corrected chi connectivity index (χ2v) is 11.6. The minimum Gasteiger partial charge on any atom is -0.161 e. The van der Waals surface area contributed by atoms with Gasteiger partial charge in [0.15, 0.2) is 7.38 Å². The summed E-state index contributed by atoms with van der Waals surface area (Å²) >= 11 is 36.1. The van der Waals surface area contributed by atoms with Crippen molar-refractivity contribution in [2.45, 2.75) is 13.1 Å². The van der Waals surface area contributed by atoms with Gasteiger partial charge in [-0.05, 0) is 5.19 Å². The lowest BCUT2D eigenvalue weighted by Crippen LogP contribution is -2.37. The Kier molecular flexibility index (Phi) is 4.57. The van der Waals surface area contributed by atoms with Crippen molar-refractivity contribution >= 4 is 81.7 Å². The van der Waals surface area contributed by atoms with Crippen molar-refractivity contribution < 1.29 is 0 Å². The third-order valence-electron chi connectivity index (χ3n) is 1.80. The van der Waals surface area contributed by atoms with Crippen LogP contribution in [0.25, 0.3) is 0 Å². The van der Waals surface area contributed by atoms with E-state index < -0.39 is 7.38 Å². The highest BCUT2D eigenvalue weighted by Crippen LogP contribution is 2.40. The third-order valence-corrected chi connectivity index (χ3v) is 6.65. The molecule has 0 saturated heterocycles. The molecule has 15 heavy (non-hydrogen) atoms. The maximum atomic E-state index is 6.28. The Labute approximate surface area is 119 Å². The van der Waals surface area contributed by atoms with Crippen molar-refractivity contribution in [3.63, 3.8) is 0 Å². The third kappa shape index (κ3) is 2.71. The van der Waals surface area contributed by atoms with Crippen molar-refractivity contribution in [1.29, 1.82) is 0 Å². The fourth-order valence-corrected chi connectivity index (χ4v) is 5.99. The van der Waals surface area contributed by atoms with Gasteiger partial charge in [0.25, 0.3) is 0 Å². The summed E-state index contributed by atoms with van der Waals surface area (Å²) in [7, 11) is -2.23. The zero-order chi connectivity index (χ0) is 12.0. The van der Waals surface area contributed by atoms with Crippen molar-refractivity contribution in [2.75, 3.05) is 0 Å². The molecule has 84 valence electrons. The zero-order valence-corrected chi connectivity index (χ0v) is 13.3. The molecule has 0 atom stereocenters. The molecule has 0 fully saturated rings. The van der Waals surface area contributed by atoms with E-state index in [2.05, 4.69) is 0 Å². The highest BCUT2D eigenvalue weighted by molar-refractivity contribution is 7.27. The smallest absolute Gasteiger partial charge is 0.161 e. The lowest BCUT2D eigenvalue weighted by atomic mass is 10.3. The molecular weight excluding hydrogens is 337 g/mol. The Hall–Kier alpha value is 1.18. The Bertz CT molecular complexity index is 380. The normalized spacial score (nSPS) is 12.0. The number of hydrogen-bond acceptors (Lipinski definition) is 0. The van der Waals surface area contributed by atoms with Crippen LogP contribution >= 0.6 is 69.1 Å². The Morgan fingerprint density at radius 3 is 1.20 bits per heavy atom. The Morgan fingerprint density at radius 2 is 0.933 bits per heavy atom. The van der Waals surface area contributed by atoms with Crippen LogP contribution in [0.1, 0.15) is 0 Å². The first kappa shape index (κ1) is 14.2. The lowest BCUT2D eigenvalue weighted by molar-refractivity contribution is 1.71. The van der Waals surface area contributed by atoms with Crippen LogP contribution in [0.4, 0.5) is 0 Å². The summed E-state index contributed by atoms with van der Waals surface area (Å²) in [5, 5.41) is 1.76. The van der Waals surface area contributed by atoms with E-state index in [1.165, 1.54) is 0 Å². The van der Waals surface area contributed by atoms with Crippen LogP contribution < -0.4 is 5.19 Å². The molecule has 0 saturated carbocycles. The van der Waals surface area contributed by atoms with Crippen molar-refractivity contribution in [2.24, 2.45) is 0 Å². The van der Waals surface area contributed by atoms with Gasteiger partial charge in [0.2, 0.25) is 0 Å². The molecule has 0 amide bonds. The molecule has 0 aliphatic rings. The first-order chi connectivity index (χ1) is 6.68. The van der Waals surface area contributed by atoms with E-state index in [4.69, 9.17) is 69.1 Å². The summed E-state index contributed by atoms with van der Waals surface area (Å²) in [6, 6.07) is 0. The maximum Gasteiger partial charge on any atom is 0.184 e. The van der Waals surface area contributed by atoms with Crippen molar-refractivity contribution in [3.8, 4) is 0 Å². The molecule has 0 N–H and O–H groups in total. The molecule has 0 radical (unpaired) electrons. The molecule has 0 spiro atoms. The van der Waals surface area contributed by atoms with Crippen molar-refractivity contribution in [3.05, 3.63) is 25.1 Å². The SMILES string of the molecule is C[Si](C)(Cl)c1c(Cl)c(Cl)c(Cl)c(Cl)c1Cl. The van der Waals surface area contributed by atoms with Crippen LogP contribution in [0.2, 0.25) is 38.2 Å². The number of rotatable bonds is 1. The van der Waals surface area contributed by atoms with E-state index in [1.807, 2.05) is 13.1 Å². The van der Waals surface area contributed by atoms with Crippen LogP contribution in [0.15, 0.2) is 0 Å². The molecule has 0 nitrogen and oxygen atoms in total. The predicted octanol–water partition coefficient (Wildman–Crippen LogP) is 5.60. The largest absolute Gasteiger partial charge is 0.184 e. The minimum atomic E-state index is -2.23. The topological polar surface area (TPSA) is 0 Å². The van der Waals surface area contributed by atoms with E-state index in [-0.39, 0.29) is 15.1 Å². The standard InChI is InChI=1S/C8H6Cl6Si/c1-15(2,14)8-6(12)4(10)3(9)5(11)7(8)13/h1-2H3. The number of benzene rings is 1. The lowest BCUT2D eigenvalue weighted by Gasteiger charge is -2.20. The molecule has 1 aromatic rings. The fraction of sp³-hybridized carbons (Fsp3) is 0.250. The van der Waals surface area contributed by atoms with Gasteiger partial charge < -0.3 is 0 Å². The molecule has 1 aromatic carbocycles. The zero-order valence-electron chi connectivity index (χ0n) is 7.77. The molecule has 7 heteroatoms. The highest BCUT2D eigenvalue weighted by atomic mass is 35.6. The second kappa shape index (κ2) is 4.81. The van der Waals surface area contributed by atoms with Gasteiger partial charge in [0.05, 0.1) is 25.1 Å². The molecule has 0 aliphatic carbocycles. The summed E-state index contributed by atoms with van der Waals surface area (Å²) < 4.78 is 0. The summed E-state index contributed by atoms with van der Waals surface area (Å²) in [5.41, 5.74) is 0. The second-order valence-electron chi connectivity index (χ2n) is 3.42. The van der Waals surface area contributed by atoms with Gasteiger partial charge in [-0.2, -0.15) is 11.1 Å². The van der Waals surface area contributed by atoms with Gasteiger partial charge in [-0.25, -0.2) is 0 Å². The first-order valence-corrected chi connectivity index (χ1v) is 9.79. The molecule has 0 heterocycles. The molecule has 0 aliphatic heterocycles. The van der Waals surface area contributed by atoms with Crippen LogP contribution in [-0.2, 0) is 0 Å². The predicted molar refractivity (Wildman–Crippen MR) is 74.5 cm³/mol. The summed E-state index contributed by atoms with van der Waals surface area (Å²) in [4.78, 5) is 0. The Morgan fingerprint density at radius 1 is 0.667 bits per heavy atom. The van der Waals surface area contributed by atoms with Gasteiger partial charge in [0.1, 0.15) is 0 Å². The van der Waals surface area contributed by atoms with E-state index in [0.29, 0.717) is 15.2 Å². The van der Waals surface area contributed by atoms with E-state index in [0.717, 1.165) is 0 Å². The van der Waals surface area contributed by atoms with Crippen LogP contribution in [0, 0.1) is 0 Å². The van der Waals surface area contributed by atoms with Crippen LogP contribution in [0.3, 0.4) is 0 Å². The van der Waals surface area contributed by atoms with Gasteiger partial charge in [-0.1, -0.05) is 71.1 Å². The number of hydrogen-bond donors (Lipinski definition) is 0. The van der Waals surface area contributed by atoms with Crippen LogP contribution in [0.5, 0.6) is 0 Å². The van der Waals surface area contributed by atoms with E-state index in [9.17, 15) is 0 Å². The first-order valence-electron chi connectivity index (χ1n) is 3.88. The van der Waals surface area contributed by atoms with Gasteiger partial charge >= 0.3 is 0 Å². The summed E-state index contributed by atoms with van der Waals surface area (Å²) in [5.74, 6) is 0. The average Bonchev–Trinajstić information content (AvgIpc) is 2.09. The number of halogens is 6. The van der Waals surface area contributed by atoms with Gasteiger partial charge in [0, 0.05) is 0 Å². The highest BCUT2D eigenvalue weighted by Gasteiger charge is 2.30.